The molecule has 0 spiro atoms. The SMILES string of the molecule is COc1ccccc1C1CCN(c2cc(C)nc3c([N+](=O)[O-])cccc23)C1. The summed E-state index contributed by atoms with van der Waals surface area (Å²) in [6.45, 7) is 3.62. The van der Waals surface area contributed by atoms with Crippen LogP contribution in [0.1, 0.15) is 23.6 Å². The van der Waals surface area contributed by atoms with Crippen molar-refractivity contribution in [2.75, 3.05) is 25.1 Å². The van der Waals surface area contributed by atoms with Gasteiger partial charge in [-0.15, -0.1) is 0 Å². The number of fused-ring (bicyclic) bond motifs is 1. The summed E-state index contributed by atoms with van der Waals surface area (Å²) in [7, 11) is 1.70. The molecule has 2 heterocycles. The van der Waals surface area contributed by atoms with Crippen LogP contribution < -0.4 is 9.64 Å². The first-order chi connectivity index (χ1) is 13.1. The predicted molar refractivity (Wildman–Crippen MR) is 106 cm³/mol. The zero-order valence-corrected chi connectivity index (χ0v) is 15.4. The zero-order chi connectivity index (χ0) is 19.0. The lowest BCUT2D eigenvalue weighted by atomic mass is 9.97. The van der Waals surface area contributed by atoms with E-state index >= 15 is 0 Å². The minimum atomic E-state index is -0.361. The van der Waals surface area contributed by atoms with Crippen molar-refractivity contribution in [3.05, 3.63) is 69.9 Å². The molecule has 27 heavy (non-hydrogen) atoms. The van der Waals surface area contributed by atoms with Gasteiger partial charge in [0.1, 0.15) is 5.75 Å². The molecule has 1 atom stereocenters. The molecule has 1 unspecified atom stereocenters. The fourth-order valence-electron chi connectivity index (χ4n) is 3.99. The largest absolute Gasteiger partial charge is 0.496 e. The molecular formula is C21H21N3O3. The number of anilines is 1. The summed E-state index contributed by atoms with van der Waals surface area (Å²) in [5.41, 5.74) is 3.52. The smallest absolute Gasteiger partial charge is 0.295 e. The third-order valence-corrected chi connectivity index (χ3v) is 5.23. The topological polar surface area (TPSA) is 68.5 Å². The van der Waals surface area contributed by atoms with Crippen molar-refractivity contribution < 1.29 is 9.66 Å². The third-order valence-electron chi connectivity index (χ3n) is 5.23. The highest BCUT2D eigenvalue weighted by atomic mass is 16.6. The number of rotatable bonds is 4. The van der Waals surface area contributed by atoms with Crippen molar-refractivity contribution in [1.29, 1.82) is 0 Å². The molecule has 0 bridgehead atoms. The van der Waals surface area contributed by atoms with Crippen LogP contribution in [0.25, 0.3) is 10.9 Å². The number of hydrogen-bond donors (Lipinski definition) is 0. The van der Waals surface area contributed by atoms with E-state index in [9.17, 15) is 10.1 Å². The Morgan fingerprint density at radius 3 is 2.81 bits per heavy atom. The molecule has 0 radical (unpaired) electrons. The van der Waals surface area contributed by atoms with Crippen molar-refractivity contribution in [3.63, 3.8) is 0 Å². The van der Waals surface area contributed by atoms with Gasteiger partial charge >= 0.3 is 0 Å². The summed E-state index contributed by atoms with van der Waals surface area (Å²) < 4.78 is 5.53. The fraction of sp³-hybridized carbons (Fsp3) is 0.286. The van der Waals surface area contributed by atoms with Crippen molar-refractivity contribution in [2.45, 2.75) is 19.3 Å². The first-order valence-electron chi connectivity index (χ1n) is 9.01. The van der Waals surface area contributed by atoms with Gasteiger partial charge in [-0.2, -0.15) is 0 Å². The summed E-state index contributed by atoms with van der Waals surface area (Å²) in [5, 5.41) is 12.2. The van der Waals surface area contributed by atoms with Gasteiger partial charge in [-0.3, -0.25) is 10.1 Å². The van der Waals surface area contributed by atoms with Gasteiger partial charge in [0.25, 0.3) is 5.69 Å². The second kappa shape index (κ2) is 6.87. The van der Waals surface area contributed by atoms with Crippen LogP contribution in [0.3, 0.4) is 0 Å². The number of benzene rings is 2. The van der Waals surface area contributed by atoms with Gasteiger partial charge in [0, 0.05) is 41.8 Å². The molecule has 1 aliphatic rings. The average molecular weight is 363 g/mol. The fourth-order valence-corrected chi connectivity index (χ4v) is 3.99. The monoisotopic (exact) mass is 363 g/mol. The highest BCUT2D eigenvalue weighted by Crippen LogP contribution is 2.38. The average Bonchev–Trinajstić information content (AvgIpc) is 3.16. The van der Waals surface area contributed by atoms with Crippen LogP contribution >= 0.6 is 0 Å². The Kier molecular flexibility index (Phi) is 4.39. The molecule has 0 amide bonds. The summed E-state index contributed by atoms with van der Waals surface area (Å²) in [6.07, 6.45) is 1.01. The van der Waals surface area contributed by atoms with E-state index in [-0.39, 0.29) is 10.6 Å². The highest BCUT2D eigenvalue weighted by molar-refractivity contribution is 5.97. The van der Waals surface area contributed by atoms with Crippen LogP contribution in [0.4, 0.5) is 11.4 Å². The molecule has 1 aromatic heterocycles. The number of aromatic nitrogens is 1. The minimum absolute atomic E-state index is 0.0536. The normalized spacial score (nSPS) is 16.7. The molecule has 4 rings (SSSR count). The molecule has 6 nitrogen and oxygen atoms in total. The summed E-state index contributed by atoms with van der Waals surface area (Å²) >= 11 is 0. The van der Waals surface area contributed by atoms with Gasteiger partial charge in [0.15, 0.2) is 5.52 Å². The summed E-state index contributed by atoms with van der Waals surface area (Å²) in [5.74, 6) is 1.28. The van der Waals surface area contributed by atoms with E-state index in [1.165, 1.54) is 11.6 Å². The predicted octanol–water partition coefficient (Wildman–Crippen LogP) is 4.45. The van der Waals surface area contributed by atoms with Gasteiger partial charge in [0.05, 0.1) is 12.0 Å². The highest BCUT2D eigenvalue weighted by Gasteiger charge is 2.28. The molecule has 1 fully saturated rings. The number of ether oxygens (including phenoxy) is 1. The van der Waals surface area contributed by atoms with E-state index in [0.717, 1.165) is 42.0 Å². The van der Waals surface area contributed by atoms with E-state index in [1.54, 1.807) is 13.2 Å². The summed E-state index contributed by atoms with van der Waals surface area (Å²) in [4.78, 5) is 17.8. The number of non-ortho nitro benzene ring substituents is 1. The maximum Gasteiger partial charge on any atom is 0.295 e. The van der Waals surface area contributed by atoms with E-state index in [2.05, 4.69) is 16.0 Å². The number of nitrogens with zero attached hydrogens (tertiary/aromatic N) is 3. The van der Waals surface area contributed by atoms with E-state index in [4.69, 9.17) is 4.74 Å². The Morgan fingerprint density at radius 2 is 2.04 bits per heavy atom. The standard InChI is InChI=1S/C21H21N3O3/c1-14-12-19(17-7-5-8-18(24(25)26)21(17)22-14)23-11-10-15(13-23)16-6-3-4-9-20(16)27-2/h3-9,12,15H,10-11,13H2,1-2H3. The number of hydrogen-bond acceptors (Lipinski definition) is 5. The van der Waals surface area contributed by atoms with E-state index in [1.807, 2.05) is 37.3 Å². The first-order valence-corrected chi connectivity index (χ1v) is 9.01. The van der Waals surface area contributed by atoms with Gasteiger partial charge < -0.3 is 9.64 Å². The van der Waals surface area contributed by atoms with Gasteiger partial charge in [-0.25, -0.2) is 4.98 Å². The molecule has 1 saturated heterocycles. The van der Waals surface area contributed by atoms with Crippen LogP contribution in [0.2, 0.25) is 0 Å². The van der Waals surface area contributed by atoms with Crippen molar-refractivity contribution in [2.24, 2.45) is 0 Å². The molecule has 0 saturated carbocycles. The number of nitro groups is 1. The molecule has 0 N–H and O–H groups in total. The number of para-hydroxylation sites is 2. The molecule has 3 aromatic rings. The Balaban J connectivity index is 1.74. The maximum atomic E-state index is 11.4. The first kappa shape index (κ1) is 17.3. The maximum absolute atomic E-state index is 11.4. The molecular weight excluding hydrogens is 342 g/mol. The van der Waals surface area contributed by atoms with E-state index < -0.39 is 0 Å². The number of methoxy groups -OCH3 is 1. The second-order valence-corrected chi connectivity index (χ2v) is 6.89. The Labute approximate surface area is 157 Å². The molecule has 2 aromatic carbocycles. The van der Waals surface area contributed by atoms with Crippen molar-refractivity contribution >= 4 is 22.3 Å². The lowest BCUT2D eigenvalue weighted by Crippen LogP contribution is -2.20. The zero-order valence-electron chi connectivity index (χ0n) is 15.4. The van der Waals surface area contributed by atoms with Gasteiger partial charge in [-0.1, -0.05) is 30.3 Å². The molecule has 0 aliphatic carbocycles. The van der Waals surface area contributed by atoms with Crippen LogP contribution in [0, 0.1) is 17.0 Å². The number of aryl methyl sites for hydroxylation is 1. The Morgan fingerprint density at radius 1 is 1.22 bits per heavy atom. The van der Waals surface area contributed by atoms with Gasteiger partial charge in [0.2, 0.25) is 0 Å². The summed E-state index contributed by atoms with van der Waals surface area (Å²) in [6, 6.07) is 15.3. The van der Waals surface area contributed by atoms with Crippen LogP contribution in [0.5, 0.6) is 5.75 Å². The number of pyridine rings is 1. The van der Waals surface area contributed by atoms with Crippen molar-refractivity contribution in [3.8, 4) is 5.75 Å². The minimum Gasteiger partial charge on any atom is -0.496 e. The Bertz CT molecular complexity index is 1020. The van der Waals surface area contributed by atoms with E-state index in [0.29, 0.717) is 11.4 Å². The third kappa shape index (κ3) is 3.07. The Hall–Kier alpha value is -3.15. The van der Waals surface area contributed by atoms with Gasteiger partial charge in [-0.05, 0) is 31.0 Å². The van der Waals surface area contributed by atoms with Crippen LogP contribution in [-0.4, -0.2) is 30.1 Å². The van der Waals surface area contributed by atoms with Crippen LogP contribution in [0.15, 0.2) is 48.5 Å². The van der Waals surface area contributed by atoms with Crippen molar-refractivity contribution in [1.82, 2.24) is 4.98 Å². The quantitative estimate of drug-likeness (QED) is 0.506. The van der Waals surface area contributed by atoms with Crippen LogP contribution in [-0.2, 0) is 0 Å². The molecule has 1 aliphatic heterocycles. The lowest BCUT2D eigenvalue weighted by Gasteiger charge is -2.22. The lowest BCUT2D eigenvalue weighted by molar-refractivity contribution is -0.383. The number of nitro benzene ring substituents is 1. The molecule has 138 valence electrons. The second-order valence-electron chi connectivity index (χ2n) is 6.89. The molecule has 6 heteroatoms.